The molecule has 85 heavy (non-hydrogen) atoms. The Hall–Kier alpha value is -1.40. The second-order valence-corrected chi connectivity index (χ2v) is 27.4. The third-order valence-electron chi connectivity index (χ3n) is 18.8. The number of carbonyl (C=O) groups excluding carboxylic acids is 2. The van der Waals surface area contributed by atoms with Gasteiger partial charge in [0.1, 0.15) is 0 Å². The predicted octanol–water partition coefficient (Wildman–Crippen LogP) is 25.9. The maximum absolute atomic E-state index is 12.6. The summed E-state index contributed by atoms with van der Waals surface area (Å²) in [5, 5.41) is 23.3. The number of allylic oxidation sites excluding steroid dienone is 1. The molecule has 2 atom stereocenters. The van der Waals surface area contributed by atoms with E-state index in [0.29, 0.717) is 19.4 Å². The van der Waals surface area contributed by atoms with E-state index in [1.807, 2.05) is 6.08 Å². The number of aliphatic hydroxyl groups is 2. The molecule has 0 saturated heterocycles. The van der Waals surface area contributed by atoms with E-state index >= 15 is 0 Å². The fraction of sp³-hybridized carbons (Fsp3) is 0.949. The Labute approximate surface area is 533 Å². The van der Waals surface area contributed by atoms with E-state index in [2.05, 4.69) is 19.2 Å². The first-order valence-corrected chi connectivity index (χ1v) is 39.5. The van der Waals surface area contributed by atoms with Crippen molar-refractivity contribution in [2.45, 2.75) is 469 Å². The summed E-state index contributed by atoms with van der Waals surface area (Å²) in [6, 6.07) is -0.625. The molecular weight excluding hydrogens is 1040 g/mol. The van der Waals surface area contributed by atoms with Crippen LogP contribution in [-0.2, 0) is 14.3 Å². The van der Waals surface area contributed by atoms with Crippen LogP contribution < -0.4 is 5.32 Å². The lowest BCUT2D eigenvalue weighted by Gasteiger charge is -2.20. The number of ether oxygens (including phenoxy) is 1. The molecule has 2 unspecified atom stereocenters. The maximum Gasteiger partial charge on any atom is 0.305 e. The van der Waals surface area contributed by atoms with Gasteiger partial charge in [-0.05, 0) is 32.1 Å². The molecule has 0 aliphatic carbocycles. The Kier molecular flexibility index (Phi) is 73.8. The van der Waals surface area contributed by atoms with Crippen LogP contribution in [-0.4, -0.2) is 47.4 Å². The van der Waals surface area contributed by atoms with Crippen molar-refractivity contribution in [2.75, 3.05) is 13.2 Å². The van der Waals surface area contributed by atoms with Gasteiger partial charge >= 0.3 is 5.97 Å². The molecule has 0 aromatic rings. The highest BCUT2D eigenvalue weighted by Crippen LogP contribution is 2.20. The summed E-state index contributed by atoms with van der Waals surface area (Å²) >= 11 is 0. The molecule has 1 amide bonds. The molecule has 0 heterocycles. The number of aliphatic hydroxyl groups excluding tert-OH is 2. The molecule has 3 N–H and O–H groups in total. The highest BCUT2D eigenvalue weighted by molar-refractivity contribution is 5.76. The largest absolute Gasteiger partial charge is 0.466 e. The van der Waals surface area contributed by atoms with Crippen molar-refractivity contribution >= 4 is 11.9 Å². The summed E-state index contributed by atoms with van der Waals surface area (Å²) in [5.74, 6) is -0.0352. The van der Waals surface area contributed by atoms with Gasteiger partial charge in [-0.15, -0.1) is 0 Å². The Morgan fingerprint density at radius 3 is 0.800 bits per heavy atom. The van der Waals surface area contributed by atoms with Crippen LogP contribution in [0.15, 0.2) is 12.2 Å². The van der Waals surface area contributed by atoms with Crippen LogP contribution in [0.1, 0.15) is 457 Å². The van der Waals surface area contributed by atoms with Crippen molar-refractivity contribution < 1.29 is 24.5 Å². The third kappa shape index (κ3) is 71.6. The standard InChI is InChI=1S/C79H155NO5/c1-3-5-7-9-11-13-15-16-17-18-19-20-21-33-36-39-42-45-48-52-55-59-63-67-71-77(82)76(75-81)80-78(83)72-68-64-60-56-53-49-46-43-40-37-34-31-29-27-25-23-22-24-26-28-30-32-35-38-41-44-47-50-54-58-62-66-70-74-85-79(84)73-69-65-61-57-51-14-12-10-8-6-4-2/h67,71,76-77,81-82H,3-66,68-70,72-75H2,1-2H3,(H,80,83)/b71-67+. The Balaban J connectivity index is 3.35. The first-order valence-electron chi connectivity index (χ1n) is 39.5. The zero-order chi connectivity index (χ0) is 61.3. The zero-order valence-electron chi connectivity index (χ0n) is 58.1. The van der Waals surface area contributed by atoms with Gasteiger partial charge in [0, 0.05) is 12.8 Å². The van der Waals surface area contributed by atoms with Crippen molar-refractivity contribution in [2.24, 2.45) is 0 Å². The van der Waals surface area contributed by atoms with E-state index in [9.17, 15) is 19.8 Å². The topological polar surface area (TPSA) is 95.9 Å². The number of nitrogens with one attached hydrogen (secondary N) is 1. The molecule has 0 aliphatic heterocycles. The van der Waals surface area contributed by atoms with Crippen LogP contribution in [0.25, 0.3) is 0 Å². The van der Waals surface area contributed by atoms with Crippen molar-refractivity contribution in [1.29, 1.82) is 0 Å². The lowest BCUT2D eigenvalue weighted by Crippen LogP contribution is -2.45. The molecule has 0 aromatic carbocycles. The first kappa shape index (κ1) is 83.6. The minimum Gasteiger partial charge on any atom is -0.466 e. The van der Waals surface area contributed by atoms with Crippen LogP contribution in [0, 0.1) is 0 Å². The molecule has 6 nitrogen and oxygen atoms in total. The molecule has 0 aromatic heterocycles. The van der Waals surface area contributed by atoms with Crippen LogP contribution in [0.3, 0.4) is 0 Å². The number of hydrogen-bond donors (Lipinski definition) is 3. The minimum absolute atomic E-state index is 0.0222. The molecule has 0 saturated carbocycles. The van der Waals surface area contributed by atoms with E-state index in [1.54, 1.807) is 6.08 Å². The van der Waals surface area contributed by atoms with Gasteiger partial charge in [0.2, 0.25) is 5.91 Å². The monoisotopic (exact) mass is 1200 g/mol. The van der Waals surface area contributed by atoms with Crippen molar-refractivity contribution in [1.82, 2.24) is 5.32 Å². The second-order valence-electron chi connectivity index (χ2n) is 27.4. The van der Waals surface area contributed by atoms with Crippen molar-refractivity contribution in [3.8, 4) is 0 Å². The highest BCUT2D eigenvalue weighted by atomic mass is 16.5. The maximum atomic E-state index is 12.6. The van der Waals surface area contributed by atoms with Gasteiger partial charge in [0.05, 0.1) is 25.4 Å². The molecule has 0 bridgehead atoms. The number of esters is 1. The van der Waals surface area contributed by atoms with E-state index < -0.39 is 12.1 Å². The lowest BCUT2D eigenvalue weighted by molar-refractivity contribution is -0.143. The highest BCUT2D eigenvalue weighted by Gasteiger charge is 2.18. The van der Waals surface area contributed by atoms with Crippen LogP contribution >= 0.6 is 0 Å². The first-order chi connectivity index (χ1) is 42.0. The SMILES string of the molecule is CCCCCCCCCCCCCCCCCCCCCCCC/C=C/C(O)C(CO)NC(=O)CCCCCCCCCCCCCCCCCCCCCCCCCCCCCCCCCCCOC(=O)CCCCCCCCCCCCC. The average Bonchev–Trinajstić information content (AvgIpc) is 3.55. The molecule has 0 rings (SSSR count). The van der Waals surface area contributed by atoms with Gasteiger partial charge in [-0.3, -0.25) is 9.59 Å². The smallest absolute Gasteiger partial charge is 0.305 e. The summed E-state index contributed by atoms with van der Waals surface area (Å²) in [6.45, 7) is 4.96. The fourth-order valence-corrected chi connectivity index (χ4v) is 12.8. The van der Waals surface area contributed by atoms with Gasteiger partial charge < -0.3 is 20.3 Å². The average molecular weight is 1200 g/mol. The van der Waals surface area contributed by atoms with Crippen LogP contribution in [0.4, 0.5) is 0 Å². The summed E-state index contributed by atoms with van der Waals surface area (Å²) in [7, 11) is 0. The Morgan fingerprint density at radius 2 is 0.541 bits per heavy atom. The molecule has 0 spiro atoms. The third-order valence-corrected chi connectivity index (χ3v) is 18.8. The summed E-state index contributed by atoms with van der Waals surface area (Å²) in [6.07, 6.45) is 94.8. The number of hydrogen-bond acceptors (Lipinski definition) is 5. The van der Waals surface area contributed by atoms with E-state index in [-0.39, 0.29) is 18.5 Å². The van der Waals surface area contributed by atoms with Gasteiger partial charge in [-0.2, -0.15) is 0 Å². The molecule has 0 fully saturated rings. The molecule has 506 valence electrons. The van der Waals surface area contributed by atoms with Crippen LogP contribution in [0.5, 0.6) is 0 Å². The number of unbranched alkanes of at least 4 members (excludes halogenated alkanes) is 64. The lowest BCUT2D eigenvalue weighted by atomic mass is 10.0. The normalized spacial score (nSPS) is 12.5. The second kappa shape index (κ2) is 75.1. The minimum atomic E-state index is -0.842. The molecule has 0 radical (unpaired) electrons. The van der Waals surface area contributed by atoms with Crippen molar-refractivity contribution in [3.05, 3.63) is 12.2 Å². The number of carbonyl (C=O) groups is 2. The van der Waals surface area contributed by atoms with E-state index in [1.165, 1.54) is 392 Å². The van der Waals surface area contributed by atoms with Gasteiger partial charge in [-0.25, -0.2) is 0 Å². The predicted molar refractivity (Wildman–Crippen MR) is 375 cm³/mol. The number of rotatable bonds is 75. The number of amides is 1. The van der Waals surface area contributed by atoms with E-state index in [4.69, 9.17) is 4.74 Å². The van der Waals surface area contributed by atoms with Gasteiger partial charge in [0.25, 0.3) is 0 Å². The van der Waals surface area contributed by atoms with E-state index in [0.717, 1.165) is 38.5 Å². The van der Waals surface area contributed by atoms with Crippen molar-refractivity contribution in [3.63, 3.8) is 0 Å². The quantitative estimate of drug-likeness (QED) is 0.0320. The molecule has 0 aliphatic rings. The molecule has 6 heteroatoms. The zero-order valence-corrected chi connectivity index (χ0v) is 58.1. The van der Waals surface area contributed by atoms with Gasteiger partial charge in [0.15, 0.2) is 0 Å². The summed E-state index contributed by atoms with van der Waals surface area (Å²) in [4.78, 5) is 24.6. The summed E-state index contributed by atoms with van der Waals surface area (Å²) in [5.41, 5.74) is 0. The van der Waals surface area contributed by atoms with Gasteiger partial charge in [-0.1, -0.05) is 424 Å². The summed E-state index contributed by atoms with van der Waals surface area (Å²) < 4.78 is 5.48. The Bertz CT molecular complexity index is 1290. The van der Waals surface area contributed by atoms with Crippen LogP contribution in [0.2, 0.25) is 0 Å². The fourth-order valence-electron chi connectivity index (χ4n) is 12.8. The Morgan fingerprint density at radius 1 is 0.318 bits per heavy atom. The molecular formula is C79H155NO5.